The maximum absolute atomic E-state index is 3.67. The maximum atomic E-state index is 3.67. The second kappa shape index (κ2) is 6.66. The van der Waals surface area contributed by atoms with Crippen LogP contribution in [0.25, 0.3) is 0 Å². The van der Waals surface area contributed by atoms with Crippen LogP contribution in [0.2, 0.25) is 10.6 Å². The predicted octanol–water partition coefficient (Wildman–Crippen LogP) is 3.54. The Morgan fingerprint density at radius 1 is 0.800 bits per heavy atom. The van der Waals surface area contributed by atoms with Gasteiger partial charge in [0.15, 0.2) is 0 Å². The molecule has 2 aromatic rings. The van der Waals surface area contributed by atoms with Crippen LogP contribution in [-0.4, -0.2) is 29.9 Å². The van der Waals surface area contributed by atoms with Gasteiger partial charge in [-0.3, -0.25) is 0 Å². The van der Waals surface area contributed by atoms with E-state index in [2.05, 4.69) is 66.4 Å². The van der Waals surface area contributed by atoms with Crippen molar-refractivity contribution >= 4 is 29.9 Å². The summed E-state index contributed by atoms with van der Waals surface area (Å²) in [7, 11) is 0. The average Bonchev–Trinajstić information content (AvgIpc) is 2.56. The first kappa shape index (κ1) is 14.0. The third-order valence-corrected chi connectivity index (χ3v) is 11.0. The summed E-state index contributed by atoms with van der Waals surface area (Å²) in [5, 5.41) is 2.74. The standard InChI is InChI=1S/C18H16Se2/c1-3-8-16(9-4-1)12-13-18(19-14-7-15-20-18)17-10-5-2-6-11-17/h1-6,8-11H,7,14-15H2. The van der Waals surface area contributed by atoms with E-state index < -0.39 is 0 Å². The third-order valence-electron chi connectivity index (χ3n) is 3.20. The molecule has 0 aliphatic carbocycles. The zero-order valence-corrected chi connectivity index (χ0v) is 14.6. The van der Waals surface area contributed by atoms with Gasteiger partial charge in [-0.25, -0.2) is 0 Å². The van der Waals surface area contributed by atoms with Crippen LogP contribution < -0.4 is 0 Å². The molecular formula is C18H16Se2. The monoisotopic (exact) mass is 392 g/mol. The molecule has 0 spiro atoms. The summed E-state index contributed by atoms with van der Waals surface area (Å²) in [6.07, 6.45) is 1.40. The molecule has 1 aliphatic rings. The summed E-state index contributed by atoms with van der Waals surface area (Å²) in [4.78, 5) is 0. The summed E-state index contributed by atoms with van der Waals surface area (Å²) in [5.41, 5.74) is 2.59. The number of rotatable bonds is 1. The van der Waals surface area contributed by atoms with Crippen molar-refractivity contribution in [2.45, 2.75) is 20.3 Å². The molecule has 0 radical (unpaired) electrons. The van der Waals surface area contributed by atoms with Crippen LogP contribution >= 0.6 is 0 Å². The molecule has 1 aliphatic heterocycles. The molecule has 2 aromatic carbocycles. The molecule has 0 bridgehead atoms. The Morgan fingerprint density at radius 2 is 1.40 bits per heavy atom. The van der Waals surface area contributed by atoms with Gasteiger partial charge in [-0.05, 0) is 0 Å². The molecule has 0 saturated carbocycles. The Kier molecular flexibility index (Phi) is 4.66. The van der Waals surface area contributed by atoms with Gasteiger partial charge in [0.2, 0.25) is 0 Å². The molecule has 0 nitrogen and oxygen atoms in total. The second-order valence-corrected chi connectivity index (χ2v) is 11.5. The molecule has 20 heavy (non-hydrogen) atoms. The van der Waals surface area contributed by atoms with Gasteiger partial charge in [0.25, 0.3) is 0 Å². The van der Waals surface area contributed by atoms with Crippen molar-refractivity contribution < 1.29 is 0 Å². The first-order chi connectivity index (χ1) is 9.89. The van der Waals surface area contributed by atoms with Gasteiger partial charge in [0.1, 0.15) is 0 Å². The van der Waals surface area contributed by atoms with Gasteiger partial charge in [-0.15, -0.1) is 0 Å². The van der Waals surface area contributed by atoms with Gasteiger partial charge in [0.05, 0.1) is 0 Å². The van der Waals surface area contributed by atoms with E-state index in [-0.39, 0.29) is 3.21 Å². The second-order valence-electron chi connectivity index (χ2n) is 4.65. The summed E-state index contributed by atoms with van der Waals surface area (Å²) >= 11 is 1.21. The summed E-state index contributed by atoms with van der Waals surface area (Å²) in [5.74, 6) is 7.11. The van der Waals surface area contributed by atoms with Gasteiger partial charge in [0, 0.05) is 0 Å². The average molecular weight is 390 g/mol. The van der Waals surface area contributed by atoms with Crippen molar-refractivity contribution in [3.05, 3.63) is 71.8 Å². The molecule has 0 aromatic heterocycles. The van der Waals surface area contributed by atoms with E-state index in [4.69, 9.17) is 0 Å². The minimum atomic E-state index is 0.190. The number of hydrogen-bond acceptors (Lipinski definition) is 0. The molecule has 1 saturated heterocycles. The van der Waals surface area contributed by atoms with E-state index in [1.807, 2.05) is 6.07 Å². The van der Waals surface area contributed by atoms with Crippen LogP contribution in [0.3, 0.4) is 0 Å². The summed E-state index contributed by atoms with van der Waals surface area (Å²) < 4.78 is 0.190. The number of benzene rings is 2. The van der Waals surface area contributed by atoms with Crippen molar-refractivity contribution in [1.82, 2.24) is 0 Å². The topological polar surface area (TPSA) is 0 Å². The molecule has 100 valence electrons. The van der Waals surface area contributed by atoms with Crippen molar-refractivity contribution in [3.63, 3.8) is 0 Å². The van der Waals surface area contributed by atoms with E-state index in [1.165, 1.54) is 22.6 Å². The van der Waals surface area contributed by atoms with E-state index in [0.29, 0.717) is 29.9 Å². The van der Waals surface area contributed by atoms with E-state index in [1.54, 1.807) is 0 Å². The summed E-state index contributed by atoms with van der Waals surface area (Å²) in [6, 6.07) is 21.3. The Bertz CT molecular complexity index is 602. The third kappa shape index (κ3) is 3.20. The molecule has 0 unspecified atom stereocenters. The van der Waals surface area contributed by atoms with Crippen molar-refractivity contribution in [1.29, 1.82) is 0 Å². The van der Waals surface area contributed by atoms with Crippen LogP contribution in [-0.2, 0) is 3.21 Å². The zero-order chi connectivity index (χ0) is 13.7. The fourth-order valence-corrected chi connectivity index (χ4v) is 10.2. The molecule has 0 N–H and O–H groups in total. The van der Waals surface area contributed by atoms with Gasteiger partial charge in [-0.1, -0.05) is 0 Å². The van der Waals surface area contributed by atoms with Gasteiger partial charge < -0.3 is 0 Å². The fraction of sp³-hybridized carbons (Fsp3) is 0.222. The zero-order valence-electron chi connectivity index (χ0n) is 11.2. The quantitative estimate of drug-likeness (QED) is 0.516. The molecule has 3 rings (SSSR count). The van der Waals surface area contributed by atoms with Crippen LogP contribution in [0, 0.1) is 11.8 Å². The van der Waals surface area contributed by atoms with Gasteiger partial charge in [-0.2, -0.15) is 0 Å². The predicted molar refractivity (Wildman–Crippen MR) is 87.2 cm³/mol. The Morgan fingerprint density at radius 3 is 2.05 bits per heavy atom. The van der Waals surface area contributed by atoms with E-state index in [0.717, 1.165) is 5.56 Å². The molecule has 2 heteroatoms. The summed E-state index contributed by atoms with van der Waals surface area (Å²) in [6.45, 7) is 0. The first-order valence-electron chi connectivity index (χ1n) is 6.81. The first-order valence-corrected chi connectivity index (χ1v) is 10.9. The normalized spacial score (nSPS) is 17.0. The van der Waals surface area contributed by atoms with Crippen LogP contribution in [0.4, 0.5) is 0 Å². The minimum absolute atomic E-state index is 0.190. The van der Waals surface area contributed by atoms with Crippen molar-refractivity contribution in [3.8, 4) is 11.8 Å². The van der Waals surface area contributed by atoms with E-state index in [9.17, 15) is 0 Å². The molecular weight excluding hydrogens is 374 g/mol. The molecule has 0 amide bonds. The SMILES string of the molecule is C(#CC1(c2ccccc2)[Se]CCC[Se]1)c1ccccc1. The fourth-order valence-electron chi connectivity index (χ4n) is 2.18. The van der Waals surface area contributed by atoms with Crippen LogP contribution in [0.5, 0.6) is 0 Å². The molecule has 1 fully saturated rings. The molecule has 1 heterocycles. The Balaban J connectivity index is 1.97. The van der Waals surface area contributed by atoms with Crippen molar-refractivity contribution in [2.24, 2.45) is 0 Å². The Labute approximate surface area is 133 Å². The van der Waals surface area contributed by atoms with Gasteiger partial charge >= 0.3 is 134 Å². The Hall–Kier alpha value is -0.961. The van der Waals surface area contributed by atoms with Crippen LogP contribution in [0.15, 0.2) is 60.7 Å². The van der Waals surface area contributed by atoms with E-state index >= 15 is 0 Å². The molecule has 0 atom stereocenters. The van der Waals surface area contributed by atoms with Crippen molar-refractivity contribution in [2.75, 3.05) is 0 Å². The number of hydrogen-bond donors (Lipinski definition) is 0. The van der Waals surface area contributed by atoms with Crippen LogP contribution in [0.1, 0.15) is 17.5 Å².